The molecule has 1 fully saturated rings. The van der Waals surface area contributed by atoms with E-state index in [1.165, 1.54) is 32.1 Å². The van der Waals surface area contributed by atoms with Crippen LogP contribution < -0.4 is 0 Å². The van der Waals surface area contributed by atoms with Gasteiger partial charge in [0.25, 0.3) is 0 Å². The Morgan fingerprint density at radius 3 is 2.00 bits per heavy atom. The average molecular weight is 271 g/mol. The van der Waals surface area contributed by atoms with Crippen molar-refractivity contribution in [1.29, 1.82) is 0 Å². The van der Waals surface area contributed by atoms with Gasteiger partial charge in [0.2, 0.25) is 5.91 Å². The van der Waals surface area contributed by atoms with Crippen LogP contribution in [0.15, 0.2) is 0 Å². The van der Waals surface area contributed by atoms with Gasteiger partial charge in [0.15, 0.2) is 0 Å². The quantitative estimate of drug-likeness (QED) is 0.686. The molecular formula is C16H33NO2. The predicted octanol–water partition coefficient (Wildman–Crippen LogP) is 3.87. The third-order valence-electron chi connectivity index (χ3n) is 3.67. The van der Waals surface area contributed by atoms with Crippen LogP contribution in [0.3, 0.4) is 0 Å². The van der Waals surface area contributed by atoms with Crippen LogP contribution in [0.2, 0.25) is 0 Å². The molecular weight excluding hydrogens is 238 g/mol. The minimum Gasteiger partial charge on any atom is -0.384 e. The molecule has 0 unspecified atom stereocenters. The molecule has 0 aliphatic carbocycles. The van der Waals surface area contributed by atoms with Crippen LogP contribution in [0.4, 0.5) is 0 Å². The Hall–Kier alpha value is -0.570. The van der Waals surface area contributed by atoms with Crippen molar-refractivity contribution >= 4 is 5.91 Å². The number of hydrogen-bond donors (Lipinski definition) is 0. The van der Waals surface area contributed by atoms with Crippen LogP contribution >= 0.6 is 0 Å². The van der Waals surface area contributed by atoms with Crippen molar-refractivity contribution in [2.24, 2.45) is 5.92 Å². The maximum Gasteiger partial charge on any atom is 0.219 e. The number of amides is 1. The largest absolute Gasteiger partial charge is 0.384 e. The molecule has 0 aromatic rings. The van der Waals surface area contributed by atoms with Crippen molar-refractivity contribution < 1.29 is 9.53 Å². The molecule has 1 rings (SSSR count). The molecule has 0 aromatic heterocycles. The van der Waals surface area contributed by atoms with Gasteiger partial charge in [-0.15, -0.1) is 0 Å². The van der Waals surface area contributed by atoms with Crippen LogP contribution in [-0.2, 0) is 9.53 Å². The molecule has 0 radical (unpaired) electrons. The molecule has 19 heavy (non-hydrogen) atoms. The number of ether oxygens (including phenoxy) is 1. The number of carbonyl (C=O) groups is 1. The second-order valence-electron chi connectivity index (χ2n) is 5.47. The highest BCUT2D eigenvalue weighted by Crippen LogP contribution is 2.16. The lowest BCUT2D eigenvalue weighted by Crippen LogP contribution is -2.37. The normalized spacial score (nSPS) is 15.9. The Balaban J connectivity index is 0.000000399. The molecule has 114 valence electrons. The molecule has 0 bridgehead atoms. The fourth-order valence-corrected chi connectivity index (χ4v) is 2.33. The Labute approximate surface area is 119 Å². The van der Waals surface area contributed by atoms with Crippen molar-refractivity contribution in [2.45, 2.75) is 65.7 Å². The molecule has 0 spiro atoms. The van der Waals surface area contributed by atoms with E-state index in [1.807, 2.05) is 4.90 Å². The summed E-state index contributed by atoms with van der Waals surface area (Å²) in [5, 5.41) is 0. The summed E-state index contributed by atoms with van der Waals surface area (Å²) in [5.74, 6) is 0.858. The molecule has 0 saturated carbocycles. The number of likely N-dealkylation sites (tertiary alicyclic amines) is 1. The van der Waals surface area contributed by atoms with Crippen molar-refractivity contribution in [2.75, 3.05) is 26.8 Å². The molecule has 1 amide bonds. The van der Waals surface area contributed by atoms with Crippen LogP contribution in [0.25, 0.3) is 0 Å². The fraction of sp³-hybridized carbons (Fsp3) is 0.938. The van der Waals surface area contributed by atoms with Crippen molar-refractivity contribution in [1.82, 2.24) is 4.90 Å². The van der Waals surface area contributed by atoms with Crippen LogP contribution in [-0.4, -0.2) is 37.6 Å². The Morgan fingerprint density at radius 1 is 1.11 bits per heavy atom. The summed E-state index contributed by atoms with van der Waals surface area (Å²) < 4.78 is 5.07. The van der Waals surface area contributed by atoms with Gasteiger partial charge in [-0.1, -0.05) is 46.0 Å². The second kappa shape index (κ2) is 12.5. The first-order valence-electron chi connectivity index (χ1n) is 7.90. The van der Waals surface area contributed by atoms with Crippen LogP contribution in [0, 0.1) is 5.92 Å². The summed E-state index contributed by atoms with van der Waals surface area (Å²) in [6.07, 6.45) is 9.19. The number of hydrogen-bond acceptors (Lipinski definition) is 2. The van der Waals surface area contributed by atoms with Crippen molar-refractivity contribution in [3.8, 4) is 0 Å². The fourth-order valence-electron chi connectivity index (χ4n) is 2.33. The summed E-state index contributed by atoms with van der Waals surface area (Å²) in [5.41, 5.74) is 0. The molecule has 1 heterocycles. The third kappa shape index (κ3) is 9.94. The highest BCUT2D eigenvalue weighted by Gasteiger charge is 2.19. The molecule has 3 nitrogen and oxygen atoms in total. The SMILES string of the molecule is CCCCCCC.COCC1CCN(C(C)=O)CC1. The summed E-state index contributed by atoms with van der Waals surface area (Å²) in [6.45, 7) is 8.78. The molecule has 1 aliphatic rings. The standard InChI is InChI=1S/C9H17NO2.C7H16/c1-8(11)10-5-3-9(4-6-10)7-12-2;1-3-5-7-6-4-2/h9H,3-7H2,1-2H3;3-7H2,1-2H3. The molecule has 1 saturated heterocycles. The zero-order chi connectivity index (χ0) is 14.5. The number of piperidine rings is 1. The first-order chi connectivity index (χ1) is 9.15. The maximum absolute atomic E-state index is 11.0. The molecule has 1 aliphatic heterocycles. The average Bonchev–Trinajstić information content (AvgIpc) is 2.41. The monoisotopic (exact) mass is 271 g/mol. The third-order valence-corrected chi connectivity index (χ3v) is 3.67. The summed E-state index contributed by atoms with van der Waals surface area (Å²) in [4.78, 5) is 12.9. The Bertz CT molecular complexity index is 207. The number of methoxy groups -OCH3 is 1. The Kier molecular flexibility index (Phi) is 12.1. The lowest BCUT2D eigenvalue weighted by molar-refractivity contribution is -0.130. The van der Waals surface area contributed by atoms with Gasteiger partial charge >= 0.3 is 0 Å². The number of unbranched alkanes of at least 4 members (excludes halogenated alkanes) is 4. The smallest absolute Gasteiger partial charge is 0.219 e. The summed E-state index contributed by atoms with van der Waals surface area (Å²) in [7, 11) is 1.73. The van der Waals surface area contributed by atoms with Gasteiger partial charge in [-0.25, -0.2) is 0 Å². The van der Waals surface area contributed by atoms with E-state index < -0.39 is 0 Å². The lowest BCUT2D eigenvalue weighted by atomic mass is 9.98. The van der Waals surface area contributed by atoms with E-state index >= 15 is 0 Å². The molecule has 0 atom stereocenters. The van der Waals surface area contributed by atoms with E-state index in [0.29, 0.717) is 5.92 Å². The van der Waals surface area contributed by atoms with E-state index in [9.17, 15) is 4.79 Å². The van der Waals surface area contributed by atoms with Crippen LogP contribution in [0.5, 0.6) is 0 Å². The lowest BCUT2D eigenvalue weighted by Gasteiger charge is -2.30. The highest BCUT2D eigenvalue weighted by molar-refractivity contribution is 5.73. The molecule has 0 aromatic carbocycles. The van der Waals surface area contributed by atoms with Gasteiger partial charge < -0.3 is 9.64 Å². The van der Waals surface area contributed by atoms with E-state index in [-0.39, 0.29) is 5.91 Å². The second-order valence-corrected chi connectivity index (χ2v) is 5.47. The van der Waals surface area contributed by atoms with Crippen molar-refractivity contribution in [3.05, 3.63) is 0 Å². The number of nitrogens with zero attached hydrogens (tertiary/aromatic N) is 1. The first kappa shape index (κ1) is 18.4. The molecule has 3 heteroatoms. The maximum atomic E-state index is 11.0. The first-order valence-corrected chi connectivity index (χ1v) is 7.90. The summed E-state index contributed by atoms with van der Waals surface area (Å²) in [6, 6.07) is 0. The zero-order valence-corrected chi connectivity index (χ0v) is 13.4. The Morgan fingerprint density at radius 2 is 1.63 bits per heavy atom. The number of rotatable bonds is 6. The van der Waals surface area contributed by atoms with Gasteiger partial charge in [0, 0.05) is 33.7 Å². The number of carbonyl (C=O) groups excluding carboxylic acids is 1. The summed E-state index contributed by atoms with van der Waals surface area (Å²) >= 11 is 0. The van der Waals surface area contributed by atoms with E-state index in [4.69, 9.17) is 4.74 Å². The highest BCUT2D eigenvalue weighted by atomic mass is 16.5. The van der Waals surface area contributed by atoms with E-state index in [2.05, 4.69) is 13.8 Å². The van der Waals surface area contributed by atoms with Gasteiger partial charge in [-0.05, 0) is 18.8 Å². The topological polar surface area (TPSA) is 29.5 Å². The van der Waals surface area contributed by atoms with Gasteiger partial charge in [0.1, 0.15) is 0 Å². The minimum atomic E-state index is 0.200. The van der Waals surface area contributed by atoms with E-state index in [0.717, 1.165) is 32.5 Å². The predicted molar refractivity (Wildman–Crippen MR) is 81.3 cm³/mol. The van der Waals surface area contributed by atoms with Crippen molar-refractivity contribution in [3.63, 3.8) is 0 Å². The van der Waals surface area contributed by atoms with E-state index in [1.54, 1.807) is 14.0 Å². The molecule has 0 N–H and O–H groups in total. The zero-order valence-electron chi connectivity index (χ0n) is 13.4. The van der Waals surface area contributed by atoms with Gasteiger partial charge in [-0.3, -0.25) is 4.79 Å². The van der Waals surface area contributed by atoms with Gasteiger partial charge in [-0.2, -0.15) is 0 Å². The minimum absolute atomic E-state index is 0.200. The van der Waals surface area contributed by atoms with Gasteiger partial charge in [0.05, 0.1) is 0 Å². The van der Waals surface area contributed by atoms with Crippen LogP contribution in [0.1, 0.15) is 65.7 Å².